The van der Waals surface area contributed by atoms with Gasteiger partial charge in [0, 0.05) is 52.9 Å². The van der Waals surface area contributed by atoms with Crippen molar-refractivity contribution in [2.24, 2.45) is 4.99 Å². The molecule has 0 aliphatic carbocycles. The fourth-order valence-electron chi connectivity index (χ4n) is 4.08. The number of benzene rings is 1. The molecule has 1 aliphatic rings. The average molecular weight is 391 g/mol. The smallest absolute Gasteiger partial charge is 0.123 e. The maximum atomic E-state index is 5.71. The van der Waals surface area contributed by atoms with E-state index in [4.69, 9.17) is 9.73 Å². The number of hydrogen-bond acceptors (Lipinski definition) is 3. The van der Waals surface area contributed by atoms with Crippen molar-refractivity contribution in [3.8, 4) is 0 Å². The lowest BCUT2D eigenvalue weighted by atomic mass is 10.1. The van der Waals surface area contributed by atoms with Gasteiger partial charge in [-0.05, 0) is 31.5 Å². The Morgan fingerprint density at radius 2 is 1.97 bits per heavy atom. The van der Waals surface area contributed by atoms with E-state index in [0.717, 1.165) is 35.6 Å². The third-order valence-electron chi connectivity index (χ3n) is 5.55. The molecule has 29 heavy (non-hydrogen) atoms. The van der Waals surface area contributed by atoms with Gasteiger partial charge >= 0.3 is 0 Å². The molecular formula is C24H30N4O. The Balaban J connectivity index is 1.71. The van der Waals surface area contributed by atoms with E-state index in [1.807, 2.05) is 0 Å². The zero-order chi connectivity index (χ0) is 20.5. The number of aromatic amines is 2. The van der Waals surface area contributed by atoms with Gasteiger partial charge in [0.25, 0.3) is 0 Å². The highest BCUT2D eigenvalue weighted by Gasteiger charge is 2.26. The van der Waals surface area contributed by atoms with E-state index in [9.17, 15) is 0 Å². The Kier molecular flexibility index (Phi) is 5.33. The molecule has 0 amide bonds. The molecule has 3 aromatic rings. The van der Waals surface area contributed by atoms with Gasteiger partial charge in [0.1, 0.15) is 11.8 Å². The number of aliphatic imine (C=N–C) groups is 1. The third-order valence-corrected chi connectivity index (χ3v) is 5.55. The topological polar surface area (TPSA) is 65.2 Å². The van der Waals surface area contributed by atoms with Crippen molar-refractivity contribution < 1.29 is 4.74 Å². The lowest BCUT2D eigenvalue weighted by molar-refractivity contribution is 0.268. The van der Waals surface area contributed by atoms with Crippen LogP contribution in [0, 0.1) is 13.8 Å². The Morgan fingerprint density at radius 1 is 1.17 bits per heavy atom. The normalized spacial score (nSPS) is 16.6. The molecule has 1 aromatic carbocycles. The second-order valence-corrected chi connectivity index (χ2v) is 8.16. The van der Waals surface area contributed by atoms with Gasteiger partial charge in [-0.1, -0.05) is 32.0 Å². The minimum absolute atomic E-state index is 0.0101. The number of allylic oxidation sites excluding steroid dienone is 1. The monoisotopic (exact) mass is 390 g/mol. The zero-order valence-electron chi connectivity index (χ0n) is 17.9. The van der Waals surface area contributed by atoms with E-state index in [-0.39, 0.29) is 6.04 Å². The molecule has 0 bridgehead atoms. The second-order valence-electron chi connectivity index (χ2n) is 8.16. The van der Waals surface area contributed by atoms with Crippen LogP contribution in [0.5, 0.6) is 0 Å². The first-order chi connectivity index (χ1) is 14.0. The second kappa shape index (κ2) is 7.91. The van der Waals surface area contributed by atoms with Crippen molar-refractivity contribution >= 4 is 16.6 Å². The van der Waals surface area contributed by atoms with Crippen LogP contribution in [-0.4, -0.2) is 34.9 Å². The van der Waals surface area contributed by atoms with E-state index < -0.39 is 0 Å². The fourth-order valence-corrected chi connectivity index (χ4v) is 4.08. The molecule has 3 N–H and O–H groups in total. The van der Waals surface area contributed by atoms with Crippen LogP contribution >= 0.6 is 0 Å². The van der Waals surface area contributed by atoms with Crippen LogP contribution in [0.4, 0.5) is 0 Å². The molecule has 1 atom stereocenters. The van der Waals surface area contributed by atoms with E-state index >= 15 is 0 Å². The number of aromatic nitrogens is 2. The first-order valence-electron chi connectivity index (χ1n) is 10.3. The van der Waals surface area contributed by atoms with Crippen LogP contribution in [0.1, 0.15) is 42.1 Å². The van der Waals surface area contributed by atoms with Crippen LogP contribution in [-0.2, 0) is 17.7 Å². The average Bonchev–Trinajstić information content (AvgIpc) is 3.35. The highest BCUT2D eigenvalue weighted by molar-refractivity contribution is 6.13. The fraction of sp³-hybridized carbons (Fsp3) is 0.375. The van der Waals surface area contributed by atoms with Gasteiger partial charge in [-0.3, -0.25) is 4.99 Å². The molecule has 5 nitrogen and oxygen atoms in total. The molecule has 3 heterocycles. The summed E-state index contributed by atoms with van der Waals surface area (Å²) in [6.45, 7) is 9.36. The van der Waals surface area contributed by atoms with E-state index in [1.165, 1.54) is 27.9 Å². The number of hydrogen-bond donors (Lipinski definition) is 3. The summed E-state index contributed by atoms with van der Waals surface area (Å²) in [5.41, 5.74) is 8.11. The Morgan fingerprint density at radius 3 is 2.66 bits per heavy atom. The number of nitrogens with one attached hydrogen (secondary N) is 3. The predicted molar refractivity (Wildman–Crippen MR) is 120 cm³/mol. The third kappa shape index (κ3) is 3.87. The van der Waals surface area contributed by atoms with Crippen molar-refractivity contribution in [3.05, 3.63) is 70.4 Å². The molecule has 1 aliphatic heterocycles. The Bertz CT molecular complexity index is 1080. The summed E-state index contributed by atoms with van der Waals surface area (Å²) in [6, 6.07) is 11.0. The van der Waals surface area contributed by atoms with Crippen molar-refractivity contribution in [1.82, 2.24) is 15.3 Å². The van der Waals surface area contributed by atoms with Crippen molar-refractivity contribution in [2.45, 2.75) is 52.7 Å². The molecule has 1 unspecified atom stereocenters. The number of H-pyrrole nitrogens is 2. The molecule has 0 saturated heterocycles. The SMILES string of the molecule is COC1=CC(c2[nH]c3ccccc3c2CNC(C)C)=NC1Cc1[nH]c(C)cc1C. The van der Waals surface area contributed by atoms with Crippen LogP contribution in [0.15, 0.2) is 47.2 Å². The minimum atomic E-state index is -0.0101. The maximum Gasteiger partial charge on any atom is 0.123 e. The number of methoxy groups -OCH3 is 1. The van der Waals surface area contributed by atoms with Gasteiger partial charge in [-0.2, -0.15) is 0 Å². The van der Waals surface area contributed by atoms with Crippen molar-refractivity contribution in [1.29, 1.82) is 0 Å². The van der Waals surface area contributed by atoms with Gasteiger partial charge < -0.3 is 20.0 Å². The summed E-state index contributed by atoms with van der Waals surface area (Å²) in [6.07, 6.45) is 2.89. The van der Waals surface area contributed by atoms with E-state index in [1.54, 1.807) is 7.11 Å². The number of para-hydroxylation sites is 1. The van der Waals surface area contributed by atoms with Gasteiger partial charge in [0.15, 0.2) is 0 Å². The molecule has 2 aromatic heterocycles. The summed E-state index contributed by atoms with van der Waals surface area (Å²) >= 11 is 0. The van der Waals surface area contributed by atoms with Gasteiger partial charge in [-0.25, -0.2) is 0 Å². The largest absolute Gasteiger partial charge is 0.499 e. The summed E-state index contributed by atoms with van der Waals surface area (Å²) in [7, 11) is 1.73. The predicted octanol–water partition coefficient (Wildman–Crippen LogP) is 4.56. The Hall–Kier alpha value is -2.79. The zero-order valence-corrected chi connectivity index (χ0v) is 17.9. The molecule has 0 saturated carbocycles. The summed E-state index contributed by atoms with van der Waals surface area (Å²) in [5.74, 6) is 0.910. The standard InChI is InChI=1S/C24H30N4O/c1-14(2)25-13-18-17-8-6-7-9-19(17)28-24(18)22-12-23(29-5)21(27-22)11-20-15(3)10-16(4)26-20/h6-10,12,14,21,25-26,28H,11,13H2,1-5H3. The molecule has 0 radical (unpaired) electrons. The minimum Gasteiger partial charge on any atom is -0.499 e. The maximum absolute atomic E-state index is 5.71. The molecule has 0 fully saturated rings. The lowest BCUT2D eigenvalue weighted by Gasteiger charge is -2.11. The summed E-state index contributed by atoms with van der Waals surface area (Å²) in [5, 5.41) is 4.80. The molecule has 4 rings (SSSR count). The molecule has 5 heteroatoms. The molecule has 152 valence electrons. The lowest BCUT2D eigenvalue weighted by Crippen LogP contribution is -2.22. The molecular weight excluding hydrogens is 360 g/mol. The van der Waals surface area contributed by atoms with E-state index in [2.05, 4.69) is 79.4 Å². The van der Waals surface area contributed by atoms with Crippen molar-refractivity contribution in [3.63, 3.8) is 0 Å². The van der Waals surface area contributed by atoms with Gasteiger partial charge in [0.05, 0.1) is 18.5 Å². The van der Waals surface area contributed by atoms with E-state index in [0.29, 0.717) is 6.04 Å². The summed E-state index contributed by atoms with van der Waals surface area (Å²) in [4.78, 5) is 12.1. The van der Waals surface area contributed by atoms with Crippen LogP contribution in [0.25, 0.3) is 10.9 Å². The molecule has 0 spiro atoms. The van der Waals surface area contributed by atoms with Crippen LogP contribution in [0.3, 0.4) is 0 Å². The number of ether oxygens (including phenoxy) is 1. The quantitative estimate of drug-likeness (QED) is 0.554. The number of aryl methyl sites for hydroxylation is 2. The highest BCUT2D eigenvalue weighted by atomic mass is 16.5. The van der Waals surface area contributed by atoms with Crippen LogP contribution in [0.2, 0.25) is 0 Å². The Labute approximate surface area is 172 Å². The van der Waals surface area contributed by atoms with Gasteiger partial charge in [-0.15, -0.1) is 0 Å². The first kappa shape index (κ1) is 19.5. The number of rotatable bonds is 7. The summed E-state index contributed by atoms with van der Waals surface area (Å²) < 4.78 is 5.71. The number of nitrogens with zero attached hydrogens (tertiary/aromatic N) is 1. The first-order valence-corrected chi connectivity index (χ1v) is 10.3. The van der Waals surface area contributed by atoms with Crippen LogP contribution < -0.4 is 5.32 Å². The highest BCUT2D eigenvalue weighted by Crippen LogP contribution is 2.28. The number of fused-ring (bicyclic) bond motifs is 1. The van der Waals surface area contributed by atoms with Crippen molar-refractivity contribution in [2.75, 3.05) is 7.11 Å². The van der Waals surface area contributed by atoms with Gasteiger partial charge in [0.2, 0.25) is 0 Å².